The lowest BCUT2D eigenvalue weighted by molar-refractivity contribution is -0.116. The molecule has 0 unspecified atom stereocenters. The minimum absolute atomic E-state index is 0.125. The van der Waals surface area contributed by atoms with Crippen LogP contribution in [-0.2, 0) is 11.2 Å². The zero-order valence-electron chi connectivity index (χ0n) is 12.5. The molecule has 0 spiro atoms. The Labute approximate surface area is 125 Å². The number of nitrogens with zero attached hydrogens (tertiary/aromatic N) is 1. The van der Waals surface area contributed by atoms with Crippen molar-refractivity contribution < 1.29 is 4.79 Å². The first-order chi connectivity index (χ1) is 10.1. The summed E-state index contributed by atoms with van der Waals surface area (Å²) in [5.41, 5.74) is 5.76. The number of para-hydroxylation sites is 1. The first-order valence-electron chi connectivity index (χ1n) is 7.34. The van der Waals surface area contributed by atoms with E-state index in [2.05, 4.69) is 37.4 Å². The summed E-state index contributed by atoms with van der Waals surface area (Å²) in [6.45, 7) is 5.25. The molecule has 3 heteroatoms. The summed E-state index contributed by atoms with van der Waals surface area (Å²) >= 11 is 0. The summed E-state index contributed by atoms with van der Waals surface area (Å²) in [4.78, 5) is 14.3. The minimum Gasteiger partial charge on any atom is -0.376 e. The fraction of sp³-hybridized carbons (Fsp3) is 0.278. The van der Waals surface area contributed by atoms with E-state index < -0.39 is 0 Å². The molecule has 2 aromatic carbocycles. The van der Waals surface area contributed by atoms with Gasteiger partial charge in [-0.2, -0.15) is 0 Å². The van der Waals surface area contributed by atoms with Crippen molar-refractivity contribution in [3.8, 4) is 0 Å². The van der Waals surface area contributed by atoms with Crippen molar-refractivity contribution >= 4 is 17.3 Å². The number of carbonyl (C=O) groups excluding carboxylic acids is 1. The third-order valence-electron chi connectivity index (χ3n) is 4.00. The van der Waals surface area contributed by atoms with Gasteiger partial charge in [-0.1, -0.05) is 35.9 Å². The lowest BCUT2D eigenvalue weighted by atomic mass is 10.1. The largest absolute Gasteiger partial charge is 0.376 e. The van der Waals surface area contributed by atoms with Crippen LogP contribution >= 0.6 is 0 Å². The predicted molar refractivity (Wildman–Crippen MR) is 86.9 cm³/mol. The van der Waals surface area contributed by atoms with Gasteiger partial charge in [-0.15, -0.1) is 0 Å². The van der Waals surface area contributed by atoms with Gasteiger partial charge in [0.25, 0.3) is 0 Å². The monoisotopic (exact) mass is 280 g/mol. The number of aryl methyl sites for hydroxylation is 2. The van der Waals surface area contributed by atoms with Crippen LogP contribution in [0.3, 0.4) is 0 Å². The Kier molecular flexibility index (Phi) is 3.65. The SMILES string of the molecule is Cc1ccc(NCC(=O)N2CCc3ccccc32)c(C)c1. The van der Waals surface area contributed by atoms with Crippen molar-refractivity contribution in [3.63, 3.8) is 0 Å². The molecular formula is C18H20N2O. The van der Waals surface area contributed by atoms with Gasteiger partial charge in [-0.3, -0.25) is 4.79 Å². The van der Waals surface area contributed by atoms with Crippen LogP contribution in [0.15, 0.2) is 42.5 Å². The molecule has 108 valence electrons. The lowest BCUT2D eigenvalue weighted by Gasteiger charge is -2.18. The molecule has 3 rings (SSSR count). The number of amides is 1. The van der Waals surface area contributed by atoms with Crippen molar-refractivity contribution in [3.05, 3.63) is 59.2 Å². The predicted octanol–water partition coefficient (Wildman–Crippen LogP) is 3.30. The number of rotatable bonds is 3. The van der Waals surface area contributed by atoms with Gasteiger partial charge in [0.2, 0.25) is 5.91 Å². The second-order valence-electron chi connectivity index (χ2n) is 5.60. The maximum Gasteiger partial charge on any atom is 0.246 e. The highest BCUT2D eigenvalue weighted by Crippen LogP contribution is 2.27. The molecule has 2 aromatic rings. The molecule has 1 N–H and O–H groups in total. The number of hydrogen-bond acceptors (Lipinski definition) is 2. The summed E-state index contributed by atoms with van der Waals surface area (Å²) in [5, 5.41) is 3.26. The Hall–Kier alpha value is -2.29. The third kappa shape index (κ3) is 2.77. The van der Waals surface area contributed by atoms with E-state index in [1.807, 2.05) is 29.2 Å². The van der Waals surface area contributed by atoms with Gasteiger partial charge in [0.1, 0.15) is 0 Å². The molecule has 1 amide bonds. The molecule has 1 aliphatic heterocycles. The highest BCUT2D eigenvalue weighted by atomic mass is 16.2. The Morgan fingerprint density at radius 2 is 2.00 bits per heavy atom. The van der Waals surface area contributed by atoms with Crippen LogP contribution in [0.2, 0.25) is 0 Å². The fourth-order valence-corrected chi connectivity index (χ4v) is 2.88. The maximum atomic E-state index is 12.4. The van der Waals surface area contributed by atoms with Crippen LogP contribution in [0.4, 0.5) is 11.4 Å². The second kappa shape index (κ2) is 5.60. The molecule has 3 nitrogen and oxygen atoms in total. The van der Waals surface area contributed by atoms with E-state index in [0.29, 0.717) is 6.54 Å². The van der Waals surface area contributed by atoms with Crippen LogP contribution in [-0.4, -0.2) is 19.0 Å². The summed E-state index contributed by atoms with van der Waals surface area (Å²) in [7, 11) is 0. The van der Waals surface area contributed by atoms with E-state index >= 15 is 0 Å². The molecule has 1 aliphatic rings. The standard InChI is InChI=1S/C18H20N2O/c1-13-7-8-16(14(2)11-13)19-12-18(21)20-10-9-15-5-3-4-6-17(15)20/h3-8,11,19H,9-10,12H2,1-2H3. The average Bonchev–Trinajstić information content (AvgIpc) is 2.90. The quantitative estimate of drug-likeness (QED) is 0.935. The lowest BCUT2D eigenvalue weighted by Crippen LogP contribution is -2.34. The topological polar surface area (TPSA) is 32.3 Å². The van der Waals surface area contributed by atoms with E-state index in [0.717, 1.165) is 24.3 Å². The van der Waals surface area contributed by atoms with Gasteiger partial charge in [-0.25, -0.2) is 0 Å². The summed E-state index contributed by atoms with van der Waals surface area (Å²) < 4.78 is 0. The smallest absolute Gasteiger partial charge is 0.246 e. The van der Waals surface area contributed by atoms with E-state index in [9.17, 15) is 4.79 Å². The number of carbonyl (C=O) groups is 1. The Morgan fingerprint density at radius 1 is 1.19 bits per heavy atom. The number of benzene rings is 2. The zero-order chi connectivity index (χ0) is 14.8. The molecule has 0 saturated heterocycles. The average molecular weight is 280 g/mol. The summed E-state index contributed by atoms with van der Waals surface area (Å²) in [6.07, 6.45) is 0.950. The minimum atomic E-state index is 0.125. The number of anilines is 2. The summed E-state index contributed by atoms with van der Waals surface area (Å²) in [5.74, 6) is 0.125. The van der Waals surface area contributed by atoms with E-state index in [1.165, 1.54) is 16.7 Å². The molecule has 0 aromatic heterocycles. The van der Waals surface area contributed by atoms with Crippen molar-refractivity contribution in [1.29, 1.82) is 0 Å². The van der Waals surface area contributed by atoms with Gasteiger partial charge in [0.05, 0.1) is 6.54 Å². The maximum absolute atomic E-state index is 12.4. The molecule has 0 radical (unpaired) electrons. The van der Waals surface area contributed by atoms with Crippen molar-refractivity contribution in [2.45, 2.75) is 20.3 Å². The Morgan fingerprint density at radius 3 is 2.81 bits per heavy atom. The molecular weight excluding hydrogens is 260 g/mol. The van der Waals surface area contributed by atoms with Crippen LogP contribution in [0.1, 0.15) is 16.7 Å². The van der Waals surface area contributed by atoms with Crippen LogP contribution in [0.5, 0.6) is 0 Å². The Balaban J connectivity index is 1.68. The molecule has 21 heavy (non-hydrogen) atoms. The molecule has 0 aliphatic carbocycles. The summed E-state index contributed by atoms with van der Waals surface area (Å²) in [6, 6.07) is 14.4. The highest BCUT2D eigenvalue weighted by molar-refractivity contribution is 5.98. The van der Waals surface area contributed by atoms with Gasteiger partial charge in [0.15, 0.2) is 0 Å². The fourth-order valence-electron chi connectivity index (χ4n) is 2.88. The van der Waals surface area contributed by atoms with Gasteiger partial charge < -0.3 is 10.2 Å². The van der Waals surface area contributed by atoms with Gasteiger partial charge in [-0.05, 0) is 43.5 Å². The first-order valence-corrected chi connectivity index (χ1v) is 7.34. The van der Waals surface area contributed by atoms with Crippen LogP contribution in [0.25, 0.3) is 0 Å². The first kappa shape index (κ1) is 13.7. The van der Waals surface area contributed by atoms with E-state index in [-0.39, 0.29) is 5.91 Å². The molecule has 0 bridgehead atoms. The van der Waals surface area contributed by atoms with E-state index in [1.54, 1.807) is 0 Å². The van der Waals surface area contributed by atoms with Crippen LogP contribution < -0.4 is 10.2 Å². The highest BCUT2D eigenvalue weighted by Gasteiger charge is 2.23. The Bertz CT molecular complexity index is 679. The zero-order valence-corrected chi connectivity index (χ0v) is 12.5. The molecule has 0 fully saturated rings. The molecule has 0 atom stereocenters. The molecule has 1 heterocycles. The number of nitrogens with one attached hydrogen (secondary N) is 1. The normalized spacial score (nSPS) is 13.1. The van der Waals surface area contributed by atoms with Crippen molar-refractivity contribution in [2.24, 2.45) is 0 Å². The van der Waals surface area contributed by atoms with E-state index in [4.69, 9.17) is 0 Å². The van der Waals surface area contributed by atoms with Crippen LogP contribution in [0, 0.1) is 13.8 Å². The number of fused-ring (bicyclic) bond motifs is 1. The van der Waals surface area contributed by atoms with Gasteiger partial charge >= 0.3 is 0 Å². The van der Waals surface area contributed by atoms with Gasteiger partial charge in [0, 0.05) is 17.9 Å². The second-order valence-corrected chi connectivity index (χ2v) is 5.60. The number of hydrogen-bond donors (Lipinski definition) is 1. The molecule has 0 saturated carbocycles. The van der Waals surface area contributed by atoms with Crippen molar-refractivity contribution in [1.82, 2.24) is 0 Å². The van der Waals surface area contributed by atoms with Crippen molar-refractivity contribution in [2.75, 3.05) is 23.3 Å². The third-order valence-corrected chi connectivity index (χ3v) is 4.00.